The van der Waals surface area contributed by atoms with Crippen molar-refractivity contribution in [3.8, 4) is 11.8 Å². The van der Waals surface area contributed by atoms with Crippen LogP contribution in [0.2, 0.25) is 0 Å². The maximum Gasteiger partial charge on any atom is 0.255 e. The summed E-state index contributed by atoms with van der Waals surface area (Å²) in [5.74, 6) is 2.35. The molecule has 2 aromatic heterocycles. The molecular formula is C27H30F2N7O4Si. The molecule has 41 heavy (non-hydrogen) atoms. The molecule has 215 valence electrons. The third-order valence-electron chi connectivity index (χ3n) is 6.85. The summed E-state index contributed by atoms with van der Waals surface area (Å²) in [5, 5.41) is 6.64. The first kappa shape index (κ1) is 29.9. The molecule has 0 unspecified atom stereocenters. The monoisotopic (exact) mass is 582 g/mol. The molecule has 4 rings (SSSR count). The zero-order chi connectivity index (χ0) is 29.9. The summed E-state index contributed by atoms with van der Waals surface area (Å²) < 4.78 is 43.8. The molecule has 3 heterocycles. The quantitative estimate of drug-likeness (QED) is 0.160. The van der Waals surface area contributed by atoms with Crippen LogP contribution in [0.1, 0.15) is 35.0 Å². The van der Waals surface area contributed by atoms with Gasteiger partial charge in [-0.05, 0) is 25.3 Å². The molecule has 0 aliphatic carbocycles. The van der Waals surface area contributed by atoms with Crippen molar-refractivity contribution < 1.29 is 27.8 Å². The number of carbonyl (C=O) groups is 2. The number of hydrogen-bond donors (Lipinski definition) is 2. The van der Waals surface area contributed by atoms with Crippen LogP contribution < -0.4 is 11.1 Å². The first-order valence-corrected chi connectivity index (χ1v) is 13.3. The van der Waals surface area contributed by atoms with E-state index in [0.717, 1.165) is 6.07 Å². The van der Waals surface area contributed by atoms with Crippen molar-refractivity contribution >= 4 is 38.9 Å². The topological polar surface area (TPSA) is 130 Å². The van der Waals surface area contributed by atoms with Gasteiger partial charge >= 0.3 is 0 Å². The number of halogens is 2. The van der Waals surface area contributed by atoms with Gasteiger partial charge in [0.25, 0.3) is 5.91 Å². The van der Waals surface area contributed by atoms with Gasteiger partial charge in [0.1, 0.15) is 22.7 Å². The Kier molecular flexibility index (Phi) is 8.91. The number of fused-ring (bicyclic) bond motifs is 1. The Morgan fingerprint density at radius 1 is 1.34 bits per heavy atom. The number of methoxy groups -OCH3 is 2. The Bertz CT molecular complexity index is 1560. The molecular weight excluding hydrogens is 552 g/mol. The molecule has 11 nitrogen and oxygen atoms in total. The highest BCUT2D eigenvalue weighted by Crippen LogP contribution is 2.36. The molecule has 0 saturated carbocycles. The van der Waals surface area contributed by atoms with Gasteiger partial charge in [-0.3, -0.25) is 9.59 Å². The van der Waals surface area contributed by atoms with E-state index in [-0.39, 0.29) is 60.8 Å². The van der Waals surface area contributed by atoms with E-state index >= 15 is 8.78 Å². The van der Waals surface area contributed by atoms with E-state index in [9.17, 15) is 9.59 Å². The zero-order valence-electron chi connectivity index (χ0n) is 23.0. The Hall–Kier alpha value is -4.06. The Balaban J connectivity index is 1.86. The SMILES string of the molecule is C=CC(=O)N1C[C@@]([Si])(n2nc(C#Cc3c(F)cc4c(ncn4CC)c3F)c(C(N)=O)c2NCCOC)C[C@@H]1COC. The van der Waals surface area contributed by atoms with Crippen molar-refractivity contribution in [2.45, 2.75) is 31.1 Å². The number of carbonyl (C=O) groups excluding carboxylic acids is 2. The van der Waals surface area contributed by atoms with Gasteiger partial charge in [-0.2, -0.15) is 5.10 Å². The molecule has 1 fully saturated rings. The predicted molar refractivity (Wildman–Crippen MR) is 148 cm³/mol. The first-order valence-electron chi connectivity index (χ1n) is 12.8. The lowest BCUT2D eigenvalue weighted by atomic mass is 10.1. The molecule has 1 aliphatic heterocycles. The molecule has 3 radical (unpaired) electrons. The summed E-state index contributed by atoms with van der Waals surface area (Å²) in [7, 11) is 6.84. The van der Waals surface area contributed by atoms with Crippen LogP contribution in [0.5, 0.6) is 0 Å². The minimum absolute atomic E-state index is 0.0265. The summed E-state index contributed by atoms with van der Waals surface area (Å²) in [6, 6.07) is 0.820. The van der Waals surface area contributed by atoms with E-state index in [4.69, 9.17) is 15.2 Å². The minimum atomic E-state index is -1.02. The van der Waals surface area contributed by atoms with Gasteiger partial charge in [0.05, 0.1) is 52.1 Å². The van der Waals surface area contributed by atoms with E-state index in [0.29, 0.717) is 18.5 Å². The average Bonchev–Trinajstić information content (AvgIpc) is 3.62. The molecule has 3 aromatic rings. The van der Waals surface area contributed by atoms with E-state index < -0.39 is 28.3 Å². The maximum absolute atomic E-state index is 15.3. The summed E-state index contributed by atoms with van der Waals surface area (Å²) >= 11 is 0. The van der Waals surface area contributed by atoms with Crippen LogP contribution in [-0.4, -0.2) is 92.9 Å². The molecule has 2 atom stereocenters. The van der Waals surface area contributed by atoms with E-state index in [1.165, 1.54) is 31.3 Å². The number of likely N-dealkylation sites (tertiary alicyclic amines) is 1. The third-order valence-corrected chi connectivity index (χ3v) is 7.43. The van der Waals surface area contributed by atoms with Gasteiger partial charge in [0.15, 0.2) is 11.5 Å². The van der Waals surface area contributed by atoms with Crippen LogP contribution in [0, 0.1) is 23.5 Å². The second kappa shape index (κ2) is 12.2. The van der Waals surface area contributed by atoms with Crippen LogP contribution in [-0.2, 0) is 26.0 Å². The van der Waals surface area contributed by atoms with Crippen LogP contribution in [0.3, 0.4) is 0 Å². The predicted octanol–water partition coefficient (Wildman–Crippen LogP) is 1.34. The smallest absolute Gasteiger partial charge is 0.255 e. The number of nitrogens with zero attached hydrogens (tertiary/aromatic N) is 5. The second-order valence-electron chi connectivity index (χ2n) is 9.48. The van der Waals surface area contributed by atoms with Gasteiger partial charge in [-0.15, -0.1) is 0 Å². The maximum atomic E-state index is 15.3. The highest BCUT2D eigenvalue weighted by Gasteiger charge is 2.46. The summed E-state index contributed by atoms with van der Waals surface area (Å²) in [6.07, 6.45) is 2.96. The number of nitrogens with two attached hydrogens (primary N) is 1. The van der Waals surface area contributed by atoms with Gasteiger partial charge in [-0.1, -0.05) is 12.5 Å². The lowest BCUT2D eigenvalue weighted by Crippen LogP contribution is -2.41. The van der Waals surface area contributed by atoms with Crippen molar-refractivity contribution in [1.29, 1.82) is 0 Å². The lowest BCUT2D eigenvalue weighted by molar-refractivity contribution is -0.127. The molecule has 3 N–H and O–H groups in total. The van der Waals surface area contributed by atoms with Gasteiger partial charge < -0.3 is 30.0 Å². The highest BCUT2D eigenvalue weighted by molar-refractivity contribution is 6.15. The second-order valence-corrected chi connectivity index (χ2v) is 10.4. The van der Waals surface area contributed by atoms with Gasteiger partial charge in [-0.25, -0.2) is 18.4 Å². The summed E-state index contributed by atoms with van der Waals surface area (Å²) in [5.41, 5.74) is 5.32. The molecule has 0 spiro atoms. The number of amides is 2. The number of hydrogen-bond acceptors (Lipinski definition) is 7. The van der Waals surface area contributed by atoms with Crippen molar-refractivity contribution in [2.75, 3.05) is 45.8 Å². The molecule has 2 amide bonds. The van der Waals surface area contributed by atoms with Crippen LogP contribution in [0.25, 0.3) is 11.0 Å². The fraction of sp³-hybridized carbons (Fsp3) is 0.407. The van der Waals surface area contributed by atoms with Gasteiger partial charge in [0, 0.05) is 39.9 Å². The Morgan fingerprint density at radius 3 is 2.73 bits per heavy atom. The highest BCUT2D eigenvalue weighted by atomic mass is 28.1. The number of primary amides is 1. The zero-order valence-corrected chi connectivity index (χ0v) is 24.0. The lowest BCUT2D eigenvalue weighted by Gasteiger charge is -2.27. The minimum Gasteiger partial charge on any atom is -0.383 e. The van der Waals surface area contributed by atoms with Crippen molar-refractivity contribution in [3.05, 3.63) is 53.5 Å². The number of nitrogens with one attached hydrogen (secondary N) is 1. The molecule has 1 saturated heterocycles. The number of aromatic nitrogens is 4. The third kappa shape index (κ3) is 5.60. The fourth-order valence-electron chi connectivity index (χ4n) is 4.94. The van der Waals surface area contributed by atoms with Crippen molar-refractivity contribution in [1.82, 2.24) is 24.2 Å². The first-order chi connectivity index (χ1) is 19.6. The number of rotatable bonds is 10. The normalized spacial score (nSPS) is 18.4. The van der Waals surface area contributed by atoms with Crippen LogP contribution in [0.4, 0.5) is 14.6 Å². The van der Waals surface area contributed by atoms with Crippen LogP contribution in [0.15, 0.2) is 25.0 Å². The fourth-order valence-corrected chi connectivity index (χ4v) is 5.51. The number of aryl methyl sites for hydroxylation is 1. The Labute approximate surface area is 239 Å². The van der Waals surface area contributed by atoms with E-state index in [1.807, 2.05) is 6.92 Å². The van der Waals surface area contributed by atoms with E-state index in [1.54, 1.807) is 9.47 Å². The van der Waals surface area contributed by atoms with Gasteiger partial charge in [0.2, 0.25) is 5.91 Å². The molecule has 1 aromatic carbocycles. The molecule has 1 aliphatic rings. The Morgan fingerprint density at radius 2 is 2.10 bits per heavy atom. The summed E-state index contributed by atoms with van der Waals surface area (Å²) in [6.45, 7) is 6.82. The van der Waals surface area contributed by atoms with Crippen molar-refractivity contribution in [2.24, 2.45) is 5.73 Å². The standard InChI is InChI=1S/C27H30F2N7O4Si/c1-5-21(37)35-14-27(41,12-16(35)13-40-4)36-26(31-9-10-39-3)22(25(30)38)19(33-36)8-7-17-18(28)11-20-24(23(17)29)32-15-34(20)6-2/h5,11,15-16,31H,1,6,9-10,12-14H2,2-4H3,(H2,30,38)/t16-,27-/m1/s1. The number of benzene rings is 1. The number of imidazole rings is 1. The summed E-state index contributed by atoms with van der Waals surface area (Å²) in [4.78, 5) is 31.0. The largest absolute Gasteiger partial charge is 0.383 e. The average molecular weight is 583 g/mol. The number of anilines is 1. The van der Waals surface area contributed by atoms with E-state index in [2.05, 4.69) is 44.1 Å². The van der Waals surface area contributed by atoms with Crippen molar-refractivity contribution in [3.63, 3.8) is 0 Å². The number of ether oxygens (including phenoxy) is 2. The van der Waals surface area contributed by atoms with Crippen LogP contribution >= 0.6 is 0 Å². The molecule has 0 bridgehead atoms. The molecule has 14 heteroatoms.